The molecule has 1 aliphatic heterocycles. The highest BCUT2D eigenvalue weighted by Gasteiger charge is 2.25. The Morgan fingerprint density at radius 2 is 1.69 bits per heavy atom. The van der Waals surface area contributed by atoms with Gasteiger partial charge in [-0.3, -0.25) is 4.90 Å². The minimum atomic E-state index is 0.600. The van der Waals surface area contributed by atoms with E-state index in [0.29, 0.717) is 6.04 Å². The Kier molecular flexibility index (Phi) is 3.98. The van der Waals surface area contributed by atoms with Crippen molar-refractivity contribution in [2.24, 2.45) is 11.8 Å². The Labute approximate surface area is 82.8 Å². The third-order valence-electron chi connectivity index (χ3n) is 3.39. The first kappa shape index (κ1) is 10.8. The van der Waals surface area contributed by atoms with Gasteiger partial charge in [0.25, 0.3) is 0 Å². The van der Waals surface area contributed by atoms with E-state index >= 15 is 0 Å². The van der Waals surface area contributed by atoms with Crippen LogP contribution in [0.4, 0.5) is 0 Å². The van der Waals surface area contributed by atoms with E-state index in [4.69, 9.17) is 0 Å². The topological polar surface area (TPSA) is 3.24 Å². The number of likely N-dealkylation sites (tertiary alicyclic amines) is 1. The van der Waals surface area contributed by atoms with Gasteiger partial charge < -0.3 is 0 Å². The van der Waals surface area contributed by atoms with Crippen molar-refractivity contribution < 1.29 is 0 Å². The van der Waals surface area contributed by atoms with Gasteiger partial charge in [0.1, 0.15) is 0 Å². The van der Waals surface area contributed by atoms with E-state index in [1.165, 1.54) is 25.9 Å². The van der Waals surface area contributed by atoms with Crippen LogP contribution in [0.3, 0.4) is 0 Å². The Balaban J connectivity index is 2.54. The first-order valence-corrected chi connectivity index (χ1v) is 5.53. The zero-order valence-electron chi connectivity index (χ0n) is 9.29. The van der Waals surface area contributed by atoms with Crippen molar-refractivity contribution in [1.82, 2.24) is 4.90 Å². The van der Waals surface area contributed by atoms with Crippen molar-refractivity contribution in [3.8, 4) is 0 Å². The maximum absolute atomic E-state index is 3.97. The summed E-state index contributed by atoms with van der Waals surface area (Å²) in [7, 11) is 0. The molecule has 1 rings (SSSR count). The quantitative estimate of drug-likeness (QED) is 0.603. The second kappa shape index (κ2) is 4.80. The van der Waals surface area contributed by atoms with E-state index in [-0.39, 0.29) is 0 Å². The molecule has 0 aliphatic carbocycles. The normalized spacial score (nSPS) is 23.4. The van der Waals surface area contributed by atoms with Crippen LogP contribution in [-0.4, -0.2) is 24.0 Å². The van der Waals surface area contributed by atoms with Crippen LogP contribution >= 0.6 is 0 Å². The Morgan fingerprint density at radius 3 is 2.08 bits per heavy atom. The van der Waals surface area contributed by atoms with Crippen LogP contribution in [0.25, 0.3) is 0 Å². The highest BCUT2D eigenvalue weighted by molar-refractivity contribution is 4.93. The predicted octanol–water partition coefficient (Wildman–Crippen LogP) is 2.93. The van der Waals surface area contributed by atoms with Crippen LogP contribution in [0.5, 0.6) is 0 Å². The summed E-state index contributed by atoms with van der Waals surface area (Å²) >= 11 is 0. The second-order valence-electron chi connectivity index (χ2n) is 4.57. The minimum absolute atomic E-state index is 0.600. The molecule has 1 unspecified atom stereocenters. The monoisotopic (exact) mass is 181 g/mol. The molecule has 1 fully saturated rings. The predicted molar refractivity (Wildman–Crippen MR) is 58.8 cm³/mol. The first-order valence-electron chi connectivity index (χ1n) is 5.53. The molecular weight excluding hydrogens is 158 g/mol. The number of nitrogens with zero attached hydrogens (tertiary/aromatic N) is 1. The SMILES string of the molecule is C=CC([C@H](C)C(C)C)N1CCCC1. The van der Waals surface area contributed by atoms with Gasteiger partial charge >= 0.3 is 0 Å². The van der Waals surface area contributed by atoms with Crippen LogP contribution in [0, 0.1) is 11.8 Å². The number of hydrogen-bond acceptors (Lipinski definition) is 1. The van der Waals surface area contributed by atoms with Crippen molar-refractivity contribution in [3.05, 3.63) is 12.7 Å². The molecule has 0 amide bonds. The summed E-state index contributed by atoms with van der Waals surface area (Å²) in [5.74, 6) is 1.49. The van der Waals surface area contributed by atoms with Crippen LogP contribution < -0.4 is 0 Å². The van der Waals surface area contributed by atoms with E-state index in [1.807, 2.05) is 0 Å². The third kappa shape index (κ3) is 2.57. The molecule has 0 aromatic heterocycles. The highest BCUT2D eigenvalue weighted by atomic mass is 15.2. The number of hydrogen-bond donors (Lipinski definition) is 0. The molecule has 2 atom stereocenters. The first-order chi connectivity index (χ1) is 6.16. The maximum Gasteiger partial charge on any atom is 0.0303 e. The van der Waals surface area contributed by atoms with Gasteiger partial charge in [0.05, 0.1) is 0 Å². The summed E-state index contributed by atoms with van der Waals surface area (Å²) in [6.07, 6.45) is 4.88. The van der Waals surface area contributed by atoms with E-state index in [1.54, 1.807) is 0 Å². The zero-order chi connectivity index (χ0) is 9.84. The fraction of sp³-hybridized carbons (Fsp3) is 0.833. The second-order valence-corrected chi connectivity index (χ2v) is 4.57. The fourth-order valence-corrected chi connectivity index (χ4v) is 2.13. The summed E-state index contributed by atoms with van der Waals surface area (Å²) in [6.45, 7) is 13.5. The smallest absolute Gasteiger partial charge is 0.0303 e. The number of rotatable bonds is 4. The van der Waals surface area contributed by atoms with Gasteiger partial charge in [0.15, 0.2) is 0 Å². The molecule has 1 saturated heterocycles. The average molecular weight is 181 g/mol. The lowest BCUT2D eigenvalue weighted by Crippen LogP contribution is -2.38. The van der Waals surface area contributed by atoms with Crippen LogP contribution in [-0.2, 0) is 0 Å². The van der Waals surface area contributed by atoms with Gasteiger partial charge in [0.2, 0.25) is 0 Å². The molecule has 0 bridgehead atoms. The zero-order valence-corrected chi connectivity index (χ0v) is 9.29. The van der Waals surface area contributed by atoms with Crippen LogP contribution in [0.2, 0.25) is 0 Å². The summed E-state index contributed by atoms with van der Waals surface area (Å²) in [4.78, 5) is 2.58. The lowest BCUT2D eigenvalue weighted by molar-refractivity contribution is 0.190. The largest absolute Gasteiger partial charge is 0.297 e. The average Bonchev–Trinajstić information content (AvgIpc) is 2.58. The van der Waals surface area contributed by atoms with Crippen molar-refractivity contribution in [2.75, 3.05) is 13.1 Å². The van der Waals surface area contributed by atoms with Crippen molar-refractivity contribution in [1.29, 1.82) is 0 Å². The molecule has 0 aromatic rings. The van der Waals surface area contributed by atoms with Crippen LogP contribution in [0.1, 0.15) is 33.6 Å². The summed E-state index contributed by atoms with van der Waals surface area (Å²) in [6, 6.07) is 0.600. The van der Waals surface area contributed by atoms with Gasteiger partial charge in [-0.05, 0) is 37.8 Å². The molecule has 1 nitrogen and oxygen atoms in total. The minimum Gasteiger partial charge on any atom is -0.297 e. The molecule has 0 aromatic carbocycles. The molecular formula is C12H23N. The van der Waals surface area contributed by atoms with E-state index < -0.39 is 0 Å². The molecule has 0 saturated carbocycles. The Bertz CT molecular complexity index is 155. The summed E-state index contributed by atoms with van der Waals surface area (Å²) < 4.78 is 0. The lowest BCUT2D eigenvalue weighted by atomic mass is 9.89. The van der Waals surface area contributed by atoms with E-state index in [9.17, 15) is 0 Å². The fourth-order valence-electron chi connectivity index (χ4n) is 2.13. The standard InChI is InChI=1S/C12H23N/c1-5-12(11(4)10(2)3)13-8-6-7-9-13/h5,10-12H,1,6-9H2,2-4H3/t11-,12?/m1/s1. The van der Waals surface area contributed by atoms with Gasteiger partial charge in [-0.2, -0.15) is 0 Å². The molecule has 0 spiro atoms. The maximum atomic E-state index is 3.97. The van der Waals surface area contributed by atoms with E-state index in [2.05, 4.69) is 38.3 Å². The van der Waals surface area contributed by atoms with Gasteiger partial charge in [-0.25, -0.2) is 0 Å². The van der Waals surface area contributed by atoms with Gasteiger partial charge in [-0.15, -0.1) is 6.58 Å². The molecule has 0 radical (unpaired) electrons. The Morgan fingerprint density at radius 1 is 1.15 bits per heavy atom. The summed E-state index contributed by atoms with van der Waals surface area (Å²) in [5, 5.41) is 0. The van der Waals surface area contributed by atoms with Crippen molar-refractivity contribution in [2.45, 2.75) is 39.7 Å². The van der Waals surface area contributed by atoms with Gasteiger partial charge in [0, 0.05) is 6.04 Å². The molecule has 13 heavy (non-hydrogen) atoms. The molecule has 1 heterocycles. The molecule has 76 valence electrons. The van der Waals surface area contributed by atoms with Gasteiger partial charge in [-0.1, -0.05) is 26.8 Å². The molecule has 1 aliphatic rings. The molecule has 0 N–H and O–H groups in total. The van der Waals surface area contributed by atoms with E-state index in [0.717, 1.165) is 11.8 Å². The lowest BCUT2D eigenvalue weighted by Gasteiger charge is -2.32. The highest BCUT2D eigenvalue weighted by Crippen LogP contribution is 2.23. The molecule has 1 heteroatoms. The van der Waals surface area contributed by atoms with Crippen molar-refractivity contribution in [3.63, 3.8) is 0 Å². The van der Waals surface area contributed by atoms with Crippen LogP contribution in [0.15, 0.2) is 12.7 Å². The Hall–Kier alpha value is -0.300. The summed E-state index contributed by atoms with van der Waals surface area (Å²) in [5.41, 5.74) is 0. The third-order valence-corrected chi connectivity index (χ3v) is 3.39. The van der Waals surface area contributed by atoms with Crippen molar-refractivity contribution >= 4 is 0 Å².